The number of rotatable bonds is 6. The number of anilines is 1. The third-order valence-corrected chi connectivity index (χ3v) is 5.17. The predicted octanol–water partition coefficient (Wildman–Crippen LogP) is 4.46. The lowest BCUT2D eigenvalue weighted by Gasteiger charge is -2.26. The highest BCUT2D eigenvalue weighted by atomic mass is 16.5. The highest BCUT2D eigenvalue weighted by Crippen LogP contribution is 2.28. The first kappa shape index (κ1) is 19.2. The smallest absolute Gasteiger partial charge is 0.307 e. The van der Waals surface area contributed by atoms with Gasteiger partial charge < -0.3 is 9.64 Å². The summed E-state index contributed by atoms with van der Waals surface area (Å²) < 4.78 is 5.10. The third kappa shape index (κ3) is 4.38. The van der Waals surface area contributed by atoms with Crippen LogP contribution in [0, 0.1) is 13.8 Å². The molecule has 0 saturated carbocycles. The van der Waals surface area contributed by atoms with Gasteiger partial charge in [0.1, 0.15) is 0 Å². The Morgan fingerprint density at radius 1 is 1.11 bits per heavy atom. The number of benzene rings is 2. The van der Waals surface area contributed by atoms with Gasteiger partial charge in [-0.3, -0.25) is 9.59 Å². The lowest BCUT2D eigenvalue weighted by molar-refractivity contribution is -0.143. The van der Waals surface area contributed by atoms with E-state index in [1.165, 1.54) is 0 Å². The molecular weight excluding hydrogens is 338 g/mol. The van der Waals surface area contributed by atoms with Crippen LogP contribution in [0.25, 0.3) is 0 Å². The normalized spacial score (nSPS) is 16.4. The molecule has 0 N–H and O–H groups in total. The van der Waals surface area contributed by atoms with Gasteiger partial charge in [-0.05, 0) is 63.4 Å². The molecule has 0 amide bonds. The summed E-state index contributed by atoms with van der Waals surface area (Å²) in [7, 11) is 0. The second kappa shape index (κ2) is 8.38. The molecule has 0 radical (unpaired) electrons. The maximum Gasteiger partial charge on any atom is 0.307 e. The summed E-state index contributed by atoms with van der Waals surface area (Å²) in [6, 6.07) is 13.8. The second-order valence-electron chi connectivity index (χ2n) is 7.19. The van der Waals surface area contributed by atoms with Crippen LogP contribution in [0.5, 0.6) is 0 Å². The molecule has 1 aliphatic rings. The van der Waals surface area contributed by atoms with Crippen LogP contribution in [0.2, 0.25) is 0 Å². The number of aryl methyl sites for hydroxylation is 2. The van der Waals surface area contributed by atoms with Gasteiger partial charge >= 0.3 is 5.97 Å². The Bertz CT molecular complexity index is 826. The molecule has 0 spiro atoms. The average molecular weight is 365 g/mol. The van der Waals surface area contributed by atoms with Gasteiger partial charge in [0.15, 0.2) is 5.78 Å². The quantitative estimate of drug-likeness (QED) is 0.560. The van der Waals surface area contributed by atoms with Crippen molar-refractivity contribution in [3.05, 3.63) is 64.7 Å². The van der Waals surface area contributed by atoms with Gasteiger partial charge in [0.05, 0.1) is 13.0 Å². The van der Waals surface area contributed by atoms with Crippen LogP contribution >= 0.6 is 0 Å². The van der Waals surface area contributed by atoms with Crippen LogP contribution in [0.3, 0.4) is 0 Å². The third-order valence-electron chi connectivity index (χ3n) is 5.17. The van der Waals surface area contributed by atoms with Gasteiger partial charge in [-0.2, -0.15) is 0 Å². The summed E-state index contributed by atoms with van der Waals surface area (Å²) in [5, 5.41) is 0. The van der Waals surface area contributed by atoms with Crippen molar-refractivity contribution in [2.75, 3.05) is 18.1 Å². The van der Waals surface area contributed by atoms with E-state index in [9.17, 15) is 9.59 Å². The SMILES string of the molecule is CCOC(=O)C[C@@H]1CCCN1c1ccc(C(=O)c2ccc(C)cc2C)cc1. The number of hydrogen-bond acceptors (Lipinski definition) is 4. The number of esters is 1. The van der Waals surface area contributed by atoms with E-state index >= 15 is 0 Å². The van der Waals surface area contributed by atoms with Gasteiger partial charge in [0, 0.05) is 29.4 Å². The van der Waals surface area contributed by atoms with Crippen molar-refractivity contribution in [2.45, 2.75) is 46.1 Å². The van der Waals surface area contributed by atoms with Crippen molar-refractivity contribution in [1.29, 1.82) is 0 Å². The lowest BCUT2D eigenvalue weighted by atomic mass is 9.97. The monoisotopic (exact) mass is 365 g/mol. The van der Waals surface area contributed by atoms with Crippen LogP contribution in [-0.2, 0) is 9.53 Å². The van der Waals surface area contributed by atoms with Gasteiger partial charge in [0.2, 0.25) is 0 Å². The van der Waals surface area contributed by atoms with Crippen molar-refractivity contribution < 1.29 is 14.3 Å². The first-order valence-electron chi connectivity index (χ1n) is 9.64. The number of carbonyl (C=O) groups excluding carboxylic acids is 2. The summed E-state index contributed by atoms with van der Waals surface area (Å²) in [6.07, 6.45) is 2.46. The number of nitrogens with zero attached hydrogens (tertiary/aromatic N) is 1. The molecule has 1 fully saturated rings. The Morgan fingerprint density at radius 3 is 2.52 bits per heavy atom. The molecule has 27 heavy (non-hydrogen) atoms. The van der Waals surface area contributed by atoms with E-state index < -0.39 is 0 Å². The summed E-state index contributed by atoms with van der Waals surface area (Å²) in [5.74, 6) is -0.0976. The fourth-order valence-electron chi connectivity index (χ4n) is 3.83. The molecule has 142 valence electrons. The van der Waals surface area contributed by atoms with Crippen LogP contribution in [-0.4, -0.2) is 30.9 Å². The Hall–Kier alpha value is -2.62. The van der Waals surface area contributed by atoms with Crippen molar-refractivity contribution in [3.8, 4) is 0 Å². The Balaban J connectivity index is 1.74. The summed E-state index contributed by atoms with van der Waals surface area (Å²) in [4.78, 5) is 26.9. The first-order chi connectivity index (χ1) is 13.0. The van der Waals surface area contributed by atoms with E-state index in [4.69, 9.17) is 4.74 Å². The molecule has 2 aromatic rings. The van der Waals surface area contributed by atoms with Crippen LogP contribution in [0.1, 0.15) is 53.2 Å². The van der Waals surface area contributed by atoms with E-state index in [0.29, 0.717) is 18.6 Å². The zero-order valence-corrected chi connectivity index (χ0v) is 16.3. The topological polar surface area (TPSA) is 46.6 Å². The molecule has 1 saturated heterocycles. The molecule has 2 aromatic carbocycles. The van der Waals surface area contributed by atoms with E-state index in [0.717, 1.165) is 41.8 Å². The molecule has 0 bridgehead atoms. The number of ketones is 1. The van der Waals surface area contributed by atoms with E-state index in [1.54, 1.807) is 0 Å². The minimum absolute atomic E-state index is 0.0449. The van der Waals surface area contributed by atoms with Crippen molar-refractivity contribution in [1.82, 2.24) is 0 Å². The Morgan fingerprint density at radius 2 is 1.85 bits per heavy atom. The first-order valence-corrected chi connectivity index (χ1v) is 9.64. The fourth-order valence-corrected chi connectivity index (χ4v) is 3.83. The second-order valence-corrected chi connectivity index (χ2v) is 7.19. The summed E-state index contributed by atoms with van der Waals surface area (Å²) >= 11 is 0. The molecule has 0 aromatic heterocycles. The van der Waals surface area contributed by atoms with E-state index in [1.807, 2.05) is 63.2 Å². The minimum Gasteiger partial charge on any atom is -0.466 e. The zero-order valence-electron chi connectivity index (χ0n) is 16.3. The summed E-state index contributed by atoms with van der Waals surface area (Å²) in [5.41, 5.74) is 4.64. The Labute approximate surface area is 161 Å². The van der Waals surface area contributed by atoms with Crippen molar-refractivity contribution in [2.24, 2.45) is 0 Å². The molecule has 3 rings (SSSR count). The molecule has 1 aliphatic heterocycles. The molecule has 1 atom stereocenters. The molecule has 4 nitrogen and oxygen atoms in total. The van der Waals surface area contributed by atoms with Gasteiger partial charge in [-0.1, -0.05) is 23.8 Å². The fraction of sp³-hybridized carbons (Fsp3) is 0.391. The van der Waals surface area contributed by atoms with Gasteiger partial charge in [-0.15, -0.1) is 0 Å². The molecule has 0 aliphatic carbocycles. The number of hydrogen-bond donors (Lipinski definition) is 0. The Kier molecular flexibility index (Phi) is 5.94. The highest BCUT2D eigenvalue weighted by Gasteiger charge is 2.27. The maximum absolute atomic E-state index is 12.8. The predicted molar refractivity (Wildman–Crippen MR) is 107 cm³/mol. The largest absolute Gasteiger partial charge is 0.466 e. The van der Waals surface area contributed by atoms with E-state index in [-0.39, 0.29) is 17.8 Å². The zero-order chi connectivity index (χ0) is 19.4. The minimum atomic E-state index is -0.143. The molecule has 4 heteroatoms. The molecule has 0 unspecified atom stereocenters. The standard InChI is InChI=1S/C23H27NO3/c1-4-27-22(25)15-20-6-5-13-24(20)19-10-8-18(9-11-19)23(26)21-12-7-16(2)14-17(21)3/h7-12,14,20H,4-6,13,15H2,1-3H3/t20-/m0/s1. The summed E-state index contributed by atoms with van der Waals surface area (Å²) in [6.45, 7) is 7.17. The van der Waals surface area contributed by atoms with Crippen LogP contribution < -0.4 is 4.90 Å². The lowest BCUT2D eigenvalue weighted by Crippen LogP contribution is -2.31. The number of carbonyl (C=O) groups is 2. The van der Waals surface area contributed by atoms with Crippen molar-refractivity contribution >= 4 is 17.4 Å². The molecule has 1 heterocycles. The van der Waals surface area contributed by atoms with Crippen LogP contribution in [0.15, 0.2) is 42.5 Å². The van der Waals surface area contributed by atoms with Gasteiger partial charge in [-0.25, -0.2) is 0 Å². The average Bonchev–Trinajstić information content (AvgIpc) is 3.09. The van der Waals surface area contributed by atoms with Crippen LogP contribution in [0.4, 0.5) is 5.69 Å². The number of ether oxygens (including phenoxy) is 1. The van der Waals surface area contributed by atoms with Crippen molar-refractivity contribution in [3.63, 3.8) is 0 Å². The van der Waals surface area contributed by atoms with E-state index in [2.05, 4.69) is 4.90 Å². The van der Waals surface area contributed by atoms with Gasteiger partial charge in [0.25, 0.3) is 0 Å². The highest BCUT2D eigenvalue weighted by molar-refractivity contribution is 6.10. The molecular formula is C23H27NO3. The maximum atomic E-state index is 12.8.